The molecule has 6 nitrogen and oxygen atoms in total. The highest BCUT2D eigenvalue weighted by Gasteiger charge is 2.15. The molecular weight excluding hydrogens is 186 g/mol. The third-order valence-electron chi connectivity index (χ3n) is 1.76. The molecule has 0 saturated carbocycles. The normalized spacial score (nSPS) is 14.5. The molecule has 6 heteroatoms. The van der Waals surface area contributed by atoms with Crippen LogP contribution in [0.3, 0.4) is 0 Å². The summed E-state index contributed by atoms with van der Waals surface area (Å²) in [6.45, 7) is 2.14. The van der Waals surface area contributed by atoms with Crippen molar-refractivity contribution in [1.82, 2.24) is 10.6 Å². The van der Waals surface area contributed by atoms with Gasteiger partial charge in [0.15, 0.2) is 0 Å². The van der Waals surface area contributed by atoms with Gasteiger partial charge in [0.05, 0.1) is 6.54 Å². The van der Waals surface area contributed by atoms with Gasteiger partial charge >= 0.3 is 0 Å². The standard InChI is InChI=1S/C8H17N3O3/c1-5(3-10-2)8(14)11-4-6(12)7(9)13/h5-6,10,12H,3-4H2,1-2H3,(H2,9,13)(H,11,14). The molecule has 0 aliphatic rings. The molecule has 0 rings (SSSR count). The van der Waals surface area contributed by atoms with Gasteiger partial charge in [-0.1, -0.05) is 6.92 Å². The van der Waals surface area contributed by atoms with Crippen molar-refractivity contribution in [3.63, 3.8) is 0 Å². The summed E-state index contributed by atoms with van der Waals surface area (Å²) < 4.78 is 0. The Morgan fingerprint density at radius 1 is 1.43 bits per heavy atom. The topological polar surface area (TPSA) is 104 Å². The number of rotatable bonds is 6. The van der Waals surface area contributed by atoms with Gasteiger partial charge in [0.25, 0.3) is 0 Å². The van der Waals surface area contributed by atoms with E-state index in [0.717, 1.165) is 0 Å². The number of aliphatic hydroxyl groups excluding tert-OH is 1. The second kappa shape index (κ2) is 6.33. The van der Waals surface area contributed by atoms with Gasteiger partial charge in [0.1, 0.15) is 6.10 Å². The van der Waals surface area contributed by atoms with E-state index in [1.165, 1.54) is 0 Å². The van der Waals surface area contributed by atoms with Crippen LogP contribution in [0.1, 0.15) is 6.92 Å². The lowest BCUT2D eigenvalue weighted by Crippen LogP contribution is -2.43. The van der Waals surface area contributed by atoms with Crippen molar-refractivity contribution in [2.45, 2.75) is 13.0 Å². The van der Waals surface area contributed by atoms with Crippen LogP contribution in [0.15, 0.2) is 0 Å². The maximum Gasteiger partial charge on any atom is 0.248 e. The number of nitrogens with two attached hydrogens (primary N) is 1. The number of hydrogen-bond donors (Lipinski definition) is 4. The molecule has 0 aromatic rings. The van der Waals surface area contributed by atoms with Crippen LogP contribution in [-0.2, 0) is 9.59 Å². The molecule has 0 spiro atoms. The number of aliphatic hydroxyl groups is 1. The Morgan fingerprint density at radius 2 is 2.00 bits per heavy atom. The van der Waals surface area contributed by atoms with Gasteiger partial charge in [-0.25, -0.2) is 0 Å². The maximum atomic E-state index is 11.2. The molecule has 0 saturated heterocycles. The molecule has 0 fully saturated rings. The van der Waals surface area contributed by atoms with Gasteiger partial charge in [-0.15, -0.1) is 0 Å². The summed E-state index contributed by atoms with van der Waals surface area (Å²) in [5, 5.41) is 14.2. The van der Waals surface area contributed by atoms with E-state index >= 15 is 0 Å². The largest absolute Gasteiger partial charge is 0.381 e. The van der Waals surface area contributed by atoms with Crippen LogP contribution in [0.25, 0.3) is 0 Å². The molecule has 0 heterocycles. The molecular formula is C8H17N3O3. The number of hydrogen-bond acceptors (Lipinski definition) is 4. The summed E-state index contributed by atoms with van der Waals surface area (Å²) in [4.78, 5) is 21.7. The SMILES string of the molecule is CNCC(C)C(=O)NCC(O)C(N)=O. The summed E-state index contributed by atoms with van der Waals surface area (Å²) in [5.41, 5.74) is 4.80. The lowest BCUT2D eigenvalue weighted by Gasteiger charge is -2.12. The highest BCUT2D eigenvalue weighted by molar-refractivity contribution is 5.81. The third-order valence-corrected chi connectivity index (χ3v) is 1.76. The van der Waals surface area contributed by atoms with Crippen molar-refractivity contribution in [2.75, 3.05) is 20.1 Å². The van der Waals surface area contributed by atoms with Crippen molar-refractivity contribution in [3.8, 4) is 0 Å². The minimum Gasteiger partial charge on any atom is -0.381 e. The van der Waals surface area contributed by atoms with Crippen LogP contribution in [0.2, 0.25) is 0 Å². The third kappa shape index (κ3) is 4.78. The number of carbonyl (C=O) groups is 2. The summed E-state index contributed by atoms with van der Waals surface area (Å²) in [6, 6.07) is 0. The molecule has 2 unspecified atom stereocenters. The number of primary amides is 1. The number of amides is 2. The number of carbonyl (C=O) groups excluding carboxylic acids is 2. The van der Waals surface area contributed by atoms with Crippen LogP contribution in [0, 0.1) is 5.92 Å². The molecule has 82 valence electrons. The summed E-state index contributed by atoms with van der Waals surface area (Å²) in [6.07, 6.45) is -1.32. The Labute approximate surface area is 82.9 Å². The molecule has 0 aromatic carbocycles. The molecule has 0 aliphatic heterocycles. The Kier molecular flexibility index (Phi) is 5.82. The average Bonchev–Trinajstić information content (AvgIpc) is 2.13. The lowest BCUT2D eigenvalue weighted by atomic mass is 10.1. The molecule has 0 aliphatic carbocycles. The molecule has 0 aromatic heterocycles. The van der Waals surface area contributed by atoms with Crippen molar-refractivity contribution in [3.05, 3.63) is 0 Å². The molecule has 0 radical (unpaired) electrons. The zero-order valence-corrected chi connectivity index (χ0v) is 8.41. The fraction of sp³-hybridized carbons (Fsp3) is 0.750. The Bertz CT molecular complexity index is 208. The van der Waals surface area contributed by atoms with Gasteiger partial charge in [0, 0.05) is 12.5 Å². The molecule has 14 heavy (non-hydrogen) atoms. The quantitative estimate of drug-likeness (QED) is 0.393. The first-order valence-electron chi connectivity index (χ1n) is 4.38. The Balaban J connectivity index is 3.78. The average molecular weight is 203 g/mol. The number of nitrogens with one attached hydrogen (secondary N) is 2. The van der Waals surface area contributed by atoms with Crippen LogP contribution < -0.4 is 16.4 Å². The van der Waals surface area contributed by atoms with E-state index in [0.29, 0.717) is 6.54 Å². The van der Waals surface area contributed by atoms with Crippen molar-refractivity contribution in [1.29, 1.82) is 0 Å². The van der Waals surface area contributed by atoms with E-state index in [9.17, 15) is 9.59 Å². The first kappa shape index (κ1) is 12.9. The summed E-state index contributed by atoms with van der Waals surface area (Å²) in [7, 11) is 1.74. The van der Waals surface area contributed by atoms with E-state index in [-0.39, 0.29) is 18.4 Å². The van der Waals surface area contributed by atoms with Crippen LogP contribution >= 0.6 is 0 Å². The first-order chi connectivity index (χ1) is 6.49. The first-order valence-corrected chi connectivity index (χ1v) is 4.38. The van der Waals surface area contributed by atoms with Gasteiger partial charge in [-0.3, -0.25) is 9.59 Å². The predicted molar refractivity (Wildman–Crippen MR) is 51.3 cm³/mol. The molecule has 5 N–H and O–H groups in total. The summed E-state index contributed by atoms with van der Waals surface area (Å²) in [5.74, 6) is -1.27. The van der Waals surface area contributed by atoms with Gasteiger partial charge in [-0.05, 0) is 7.05 Å². The van der Waals surface area contributed by atoms with Crippen LogP contribution in [0.5, 0.6) is 0 Å². The van der Waals surface area contributed by atoms with Gasteiger partial charge in [0.2, 0.25) is 11.8 Å². The predicted octanol–water partition coefficient (Wildman–Crippen LogP) is -2.20. The smallest absolute Gasteiger partial charge is 0.248 e. The van der Waals surface area contributed by atoms with Crippen LogP contribution in [0.4, 0.5) is 0 Å². The molecule has 2 atom stereocenters. The zero-order valence-electron chi connectivity index (χ0n) is 8.41. The monoisotopic (exact) mass is 203 g/mol. The second-order valence-corrected chi connectivity index (χ2v) is 3.12. The van der Waals surface area contributed by atoms with Crippen molar-refractivity contribution in [2.24, 2.45) is 11.7 Å². The van der Waals surface area contributed by atoms with Crippen molar-refractivity contribution >= 4 is 11.8 Å². The van der Waals surface area contributed by atoms with Crippen molar-refractivity contribution < 1.29 is 14.7 Å². The van der Waals surface area contributed by atoms with E-state index < -0.39 is 12.0 Å². The van der Waals surface area contributed by atoms with Crippen LogP contribution in [-0.4, -0.2) is 43.2 Å². The summed E-state index contributed by atoms with van der Waals surface area (Å²) >= 11 is 0. The minimum absolute atomic E-state index is 0.137. The lowest BCUT2D eigenvalue weighted by molar-refractivity contribution is -0.128. The van der Waals surface area contributed by atoms with E-state index in [4.69, 9.17) is 10.8 Å². The highest BCUT2D eigenvalue weighted by Crippen LogP contribution is 1.91. The van der Waals surface area contributed by atoms with Gasteiger partial charge < -0.3 is 21.5 Å². The fourth-order valence-electron chi connectivity index (χ4n) is 0.871. The van der Waals surface area contributed by atoms with E-state index in [1.54, 1.807) is 14.0 Å². The molecule has 0 bridgehead atoms. The molecule has 2 amide bonds. The van der Waals surface area contributed by atoms with E-state index in [2.05, 4.69) is 10.6 Å². The Hall–Kier alpha value is -1.14. The minimum atomic E-state index is -1.32. The van der Waals surface area contributed by atoms with Gasteiger partial charge in [-0.2, -0.15) is 0 Å². The maximum absolute atomic E-state index is 11.2. The fourth-order valence-corrected chi connectivity index (χ4v) is 0.871. The zero-order chi connectivity index (χ0) is 11.1. The second-order valence-electron chi connectivity index (χ2n) is 3.12. The highest BCUT2D eigenvalue weighted by atomic mass is 16.3. The Morgan fingerprint density at radius 3 is 2.43 bits per heavy atom. The van der Waals surface area contributed by atoms with E-state index in [1.807, 2.05) is 0 Å².